The van der Waals surface area contributed by atoms with Crippen molar-refractivity contribution in [2.24, 2.45) is 5.92 Å². The monoisotopic (exact) mass is 235 g/mol. The molecule has 0 fully saturated rings. The Morgan fingerprint density at radius 2 is 1.56 bits per heavy atom. The summed E-state index contributed by atoms with van der Waals surface area (Å²) in [6.45, 7) is 0. The van der Waals surface area contributed by atoms with Gasteiger partial charge in [-0.3, -0.25) is 4.79 Å². The highest BCUT2D eigenvalue weighted by Crippen LogP contribution is 2.10. The largest absolute Gasteiger partial charge is 0.290 e. The van der Waals surface area contributed by atoms with Crippen molar-refractivity contribution in [1.29, 1.82) is 0 Å². The van der Waals surface area contributed by atoms with E-state index in [9.17, 15) is 4.79 Å². The van der Waals surface area contributed by atoms with Crippen molar-refractivity contribution in [2.75, 3.05) is 0 Å². The minimum atomic E-state index is -0.187. The van der Waals surface area contributed by atoms with Gasteiger partial charge in [0.15, 0.2) is 0 Å². The molecule has 0 saturated heterocycles. The Morgan fingerprint density at radius 1 is 0.944 bits per heavy atom. The summed E-state index contributed by atoms with van der Waals surface area (Å²) >= 11 is 0. The molecule has 0 bridgehead atoms. The van der Waals surface area contributed by atoms with Crippen LogP contribution in [0.1, 0.15) is 11.1 Å². The molecule has 0 N–H and O–H groups in total. The van der Waals surface area contributed by atoms with Gasteiger partial charge in [-0.15, -0.1) is 0 Å². The fourth-order valence-corrected chi connectivity index (χ4v) is 1.81. The van der Waals surface area contributed by atoms with E-state index < -0.39 is 0 Å². The molecule has 0 aliphatic rings. The van der Waals surface area contributed by atoms with E-state index >= 15 is 0 Å². The van der Waals surface area contributed by atoms with Crippen molar-refractivity contribution in [3.8, 4) is 0 Å². The highest BCUT2D eigenvalue weighted by Gasteiger charge is 2.04. The van der Waals surface area contributed by atoms with Gasteiger partial charge in [0.1, 0.15) is 0 Å². The van der Waals surface area contributed by atoms with Gasteiger partial charge in [0.2, 0.25) is 6.29 Å². The van der Waals surface area contributed by atoms with Crippen molar-refractivity contribution >= 4 is 12.4 Å². The van der Waals surface area contributed by atoms with E-state index in [0.717, 1.165) is 11.1 Å². The number of allylic oxidation sites excluding steroid dienone is 1. The van der Waals surface area contributed by atoms with Gasteiger partial charge in [0.25, 0.3) is 0 Å². The van der Waals surface area contributed by atoms with Crippen LogP contribution in [0.4, 0.5) is 0 Å². The van der Waals surface area contributed by atoms with E-state index in [-0.39, 0.29) is 5.92 Å². The molecule has 2 aromatic carbocycles. The first-order chi connectivity index (χ1) is 8.88. The van der Waals surface area contributed by atoms with Crippen LogP contribution in [0.2, 0.25) is 0 Å². The molecule has 1 unspecified atom stereocenters. The predicted molar refractivity (Wildman–Crippen MR) is 74.8 cm³/mol. The molecule has 1 radical (unpaired) electrons. The molecule has 1 heteroatoms. The van der Waals surface area contributed by atoms with Gasteiger partial charge in [0, 0.05) is 5.92 Å². The molecule has 0 spiro atoms. The van der Waals surface area contributed by atoms with Crippen molar-refractivity contribution in [3.63, 3.8) is 0 Å². The second-order valence-corrected chi connectivity index (χ2v) is 4.18. The molecule has 0 amide bonds. The second kappa shape index (κ2) is 6.55. The zero-order valence-electron chi connectivity index (χ0n) is 10.1. The third-order valence-electron chi connectivity index (χ3n) is 2.77. The molecule has 2 aromatic rings. The summed E-state index contributed by atoms with van der Waals surface area (Å²) < 4.78 is 0. The highest BCUT2D eigenvalue weighted by atomic mass is 16.1. The second-order valence-electron chi connectivity index (χ2n) is 4.18. The van der Waals surface area contributed by atoms with Crippen LogP contribution in [-0.4, -0.2) is 6.29 Å². The Hall–Kier alpha value is -2.15. The van der Waals surface area contributed by atoms with Gasteiger partial charge in [-0.25, -0.2) is 0 Å². The summed E-state index contributed by atoms with van der Waals surface area (Å²) in [5.41, 5.74) is 2.26. The number of hydrogen-bond acceptors (Lipinski definition) is 1. The lowest BCUT2D eigenvalue weighted by Crippen LogP contribution is -2.02. The minimum absolute atomic E-state index is 0.187. The number of benzene rings is 2. The average molecular weight is 235 g/mol. The molecule has 0 aromatic heterocycles. The lowest BCUT2D eigenvalue weighted by Gasteiger charge is -2.04. The van der Waals surface area contributed by atoms with Crippen LogP contribution in [-0.2, 0) is 11.2 Å². The summed E-state index contributed by atoms with van der Waals surface area (Å²) in [6.07, 6.45) is 6.67. The van der Waals surface area contributed by atoms with Crippen LogP contribution < -0.4 is 0 Å². The number of carbonyl (C=O) groups excluding carboxylic acids is 1. The first-order valence-electron chi connectivity index (χ1n) is 6.03. The van der Waals surface area contributed by atoms with E-state index in [1.807, 2.05) is 72.8 Å². The quantitative estimate of drug-likeness (QED) is 0.772. The summed E-state index contributed by atoms with van der Waals surface area (Å²) in [7, 11) is 0. The van der Waals surface area contributed by atoms with Gasteiger partial charge in [-0.1, -0.05) is 72.8 Å². The molecule has 0 heterocycles. The topological polar surface area (TPSA) is 17.1 Å². The number of hydrogen-bond donors (Lipinski definition) is 0. The predicted octanol–water partition coefficient (Wildman–Crippen LogP) is 3.67. The van der Waals surface area contributed by atoms with E-state index in [1.54, 1.807) is 0 Å². The van der Waals surface area contributed by atoms with Gasteiger partial charge in [-0.05, 0) is 17.5 Å². The normalized spacial score (nSPS) is 12.4. The van der Waals surface area contributed by atoms with E-state index in [1.165, 1.54) is 0 Å². The summed E-state index contributed by atoms with van der Waals surface area (Å²) in [6, 6.07) is 20.0. The Labute approximate surface area is 108 Å². The van der Waals surface area contributed by atoms with Crippen LogP contribution in [0.25, 0.3) is 6.08 Å². The highest BCUT2D eigenvalue weighted by molar-refractivity contribution is 5.62. The van der Waals surface area contributed by atoms with Gasteiger partial charge in [0.05, 0.1) is 0 Å². The van der Waals surface area contributed by atoms with Crippen LogP contribution >= 0.6 is 0 Å². The molecular weight excluding hydrogens is 220 g/mol. The van der Waals surface area contributed by atoms with Gasteiger partial charge >= 0.3 is 0 Å². The summed E-state index contributed by atoms with van der Waals surface area (Å²) in [4.78, 5) is 11.0. The molecule has 2 rings (SSSR count). The SMILES string of the molecule is O=[C]C(C=Cc1ccccc1)Cc1ccccc1. The molecule has 0 aliphatic carbocycles. The van der Waals surface area contributed by atoms with Crippen LogP contribution in [0.3, 0.4) is 0 Å². The molecule has 1 atom stereocenters. The smallest absolute Gasteiger partial charge is 0.206 e. The van der Waals surface area contributed by atoms with Crippen LogP contribution in [0.15, 0.2) is 66.7 Å². The Kier molecular flexibility index (Phi) is 4.48. The average Bonchev–Trinajstić information content (AvgIpc) is 2.45. The maximum atomic E-state index is 11.0. The van der Waals surface area contributed by atoms with Crippen molar-refractivity contribution in [1.82, 2.24) is 0 Å². The maximum absolute atomic E-state index is 11.0. The van der Waals surface area contributed by atoms with E-state index in [0.29, 0.717) is 6.42 Å². The van der Waals surface area contributed by atoms with Crippen molar-refractivity contribution < 1.29 is 4.79 Å². The van der Waals surface area contributed by atoms with Crippen molar-refractivity contribution in [3.05, 3.63) is 77.9 Å². The van der Waals surface area contributed by atoms with E-state index in [2.05, 4.69) is 6.29 Å². The van der Waals surface area contributed by atoms with Crippen molar-refractivity contribution in [2.45, 2.75) is 6.42 Å². The van der Waals surface area contributed by atoms with Gasteiger partial charge in [-0.2, -0.15) is 0 Å². The molecule has 89 valence electrons. The molecular formula is C17H15O. The zero-order chi connectivity index (χ0) is 12.6. The minimum Gasteiger partial charge on any atom is -0.290 e. The zero-order valence-corrected chi connectivity index (χ0v) is 10.1. The molecule has 18 heavy (non-hydrogen) atoms. The number of rotatable bonds is 5. The molecule has 1 nitrogen and oxygen atoms in total. The maximum Gasteiger partial charge on any atom is 0.206 e. The first-order valence-corrected chi connectivity index (χ1v) is 6.03. The summed E-state index contributed by atoms with van der Waals surface area (Å²) in [5, 5.41) is 0. The standard InChI is InChI=1S/C17H15O/c18-14-17(13-16-9-5-2-6-10-16)12-11-15-7-3-1-4-8-15/h1-12,17H,13H2. The Balaban J connectivity index is 2.02. The summed E-state index contributed by atoms with van der Waals surface area (Å²) in [5.74, 6) is -0.187. The third-order valence-corrected chi connectivity index (χ3v) is 2.77. The lowest BCUT2D eigenvalue weighted by atomic mass is 9.99. The fourth-order valence-electron chi connectivity index (χ4n) is 1.81. The van der Waals surface area contributed by atoms with Crippen LogP contribution in [0.5, 0.6) is 0 Å². The lowest BCUT2D eigenvalue weighted by molar-refractivity contribution is 0.537. The Morgan fingerprint density at radius 3 is 2.17 bits per heavy atom. The third kappa shape index (κ3) is 3.70. The molecule has 0 saturated carbocycles. The fraction of sp³-hybridized carbons (Fsp3) is 0.118. The van der Waals surface area contributed by atoms with E-state index in [4.69, 9.17) is 0 Å². The van der Waals surface area contributed by atoms with Crippen LogP contribution in [0, 0.1) is 5.92 Å². The van der Waals surface area contributed by atoms with Gasteiger partial charge < -0.3 is 0 Å². The first kappa shape index (κ1) is 12.3. The Bertz CT molecular complexity index is 500. The molecule has 0 aliphatic heterocycles.